The number of aldehydes is 1. The Morgan fingerprint density at radius 1 is 1.30 bits per heavy atom. The molecule has 0 heterocycles. The van der Waals surface area contributed by atoms with Crippen LogP contribution < -0.4 is 0 Å². The Bertz CT molecular complexity index is 335. The zero-order valence-corrected chi connectivity index (χ0v) is 13.5. The molecule has 0 radical (unpaired) electrons. The lowest BCUT2D eigenvalue weighted by Gasteiger charge is -2.41. The van der Waals surface area contributed by atoms with Crippen molar-refractivity contribution in [2.75, 3.05) is 6.61 Å². The van der Waals surface area contributed by atoms with Gasteiger partial charge in [0.25, 0.3) is 0 Å². The van der Waals surface area contributed by atoms with E-state index >= 15 is 0 Å². The molecule has 1 aliphatic carbocycles. The highest BCUT2D eigenvalue weighted by Crippen LogP contribution is 2.58. The van der Waals surface area contributed by atoms with E-state index in [2.05, 4.69) is 20.8 Å². The summed E-state index contributed by atoms with van der Waals surface area (Å²) >= 11 is 0. The van der Waals surface area contributed by atoms with Gasteiger partial charge in [-0.1, -0.05) is 27.2 Å². The van der Waals surface area contributed by atoms with Crippen LogP contribution >= 0.6 is 0 Å². The first-order chi connectivity index (χ1) is 9.37. The highest BCUT2D eigenvalue weighted by molar-refractivity contribution is 5.69. The molecule has 0 saturated heterocycles. The molecule has 0 aromatic rings. The summed E-state index contributed by atoms with van der Waals surface area (Å²) in [5, 5.41) is 0. The van der Waals surface area contributed by atoms with E-state index in [1.54, 1.807) is 0 Å². The second kappa shape index (κ2) is 7.24. The molecule has 0 N–H and O–H groups in total. The first-order valence-electron chi connectivity index (χ1n) is 7.96. The van der Waals surface area contributed by atoms with Gasteiger partial charge in [-0.15, -0.1) is 0 Å². The quantitative estimate of drug-likeness (QED) is 0.382. The summed E-state index contributed by atoms with van der Waals surface area (Å²) in [6.45, 7) is 9.17. The van der Waals surface area contributed by atoms with Gasteiger partial charge in [0.2, 0.25) is 0 Å². The third-order valence-corrected chi connectivity index (χ3v) is 5.64. The highest BCUT2D eigenvalue weighted by Gasteiger charge is 2.50. The second-order valence-corrected chi connectivity index (χ2v) is 6.94. The largest absolute Gasteiger partial charge is 0.466 e. The molecule has 0 amide bonds. The van der Waals surface area contributed by atoms with E-state index in [1.807, 2.05) is 6.92 Å². The van der Waals surface area contributed by atoms with E-state index < -0.39 is 0 Å². The fourth-order valence-corrected chi connectivity index (χ4v) is 3.62. The molecule has 2 atom stereocenters. The molecule has 1 saturated carbocycles. The molecule has 0 spiro atoms. The fourth-order valence-electron chi connectivity index (χ4n) is 3.62. The number of rotatable bonds is 8. The summed E-state index contributed by atoms with van der Waals surface area (Å²) < 4.78 is 4.94. The molecule has 1 fully saturated rings. The number of hydrogen-bond acceptors (Lipinski definition) is 3. The highest BCUT2D eigenvalue weighted by atomic mass is 16.5. The van der Waals surface area contributed by atoms with Gasteiger partial charge in [0.05, 0.1) is 6.61 Å². The normalized spacial score (nSPS) is 28.3. The van der Waals surface area contributed by atoms with Crippen LogP contribution in [0.5, 0.6) is 0 Å². The molecule has 1 aliphatic rings. The van der Waals surface area contributed by atoms with Gasteiger partial charge in [0.1, 0.15) is 6.29 Å². The molecule has 3 heteroatoms. The third-order valence-electron chi connectivity index (χ3n) is 5.64. The maximum Gasteiger partial charge on any atom is 0.305 e. The molecule has 1 unspecified atom stereocenters. The molecular formula is C17H30O3. The van der Waals surface area contributed by atoms with Crippen molar-refractivity contribution in [3.05, 3.63) is 0 Å². The summed E-state index contributed by atoms with van der Waals surface area (Å²) in [6, 6.07) is 0. The second-order valence-electron chi connectivity index (χ2n) is 6.94. The predicted molar refractivity (Wildman–Crippen MR) is 80.4 cm³/mol. The fraction of sp³-hybridized carbons (Fsp3) is 0.882. The number of hydrogen-bond donors (Lipinski definition) is 0. The van der Waals surface area contributed by atoms with Gasteiger partial charge >= 0.3 is 5.97 Å². The van der Waals surface area contributed by atoms with Crippen LogP contribution in [0.15, 0.2) is 0 Å². The molecule has 0 aromatic carbocycles. The molecule has 0 bridgehead atoms. The lowest BCUT2D eigenvalue weighted by Crippen LogP contribution is -2.34. The third kappa shape index (κ3) is 3.83. The average Bonchev–Trinajstić information content (AvgIpc) is 2.58. The van der Waals surface area contributed by atoms with E-state index in [4.69, 9.17) is 4.74 Å². The van der Waals surface area contributed by atoms with Gasteiger partial charge < -0.3 is 9.53 Å². The van der Waals surface area contributed by atoms with Crippen LogP contribution in [-0.2, 0) is 14.3 Å². The maximum atomic E-state index is 11.3. The first-order valence-corrected chi connectivity index (χ1v) is 7.96. The zero-order valence-electron chi connectivity index (χ0n) is 13.5. The van der Waals surface area contributed by atoms with Crippen molar-refractivity contribution in [3.63, 3.8) is 0 Å². The van der Waals surface area contributed by atoms with Crippen LogP contribution in [0.2, 0.25) is 0 Å². The number of ether oxygens (including phenoxy) is 1. The molecule has 116 valence electrons. The minimum atomic E-state index is -0.0797. The average molecular weight is 282 g/mol. The maximum absolute atomic E-state index is 11.3. The van der Waals surface area contributed by atoms with E-state index in [0.717, 1.165) is 32.0 Å². The van der Waals surface area contributed by atoms with Crippen LogP contribution in [0, 0.1) is 16.7 Å². The van der Waals surface area contributed by atoms with Crippen molar-refractivity contribution >= 4 is 12.3 Å². The van der Waals surface area contributed by atoms with Gasteiger partial charge in [-0.3, -0.25) is 4.79 Å². The van der Waals surface area contributed by atoms with Crippen LogP contribution in [0.3, 0.4) is 0 Å². The van der Waals surface area contributed by atoms with E-state index in [-0.39, 0.29) is 16.8 Å². The van der Waals surface area contributed by atoms with Gasteiger partial charge in [0.15, 0.2) is 0 Å². The van der Waals surface area contributed by atoms with E-state index in [0.29, 0.717) is 25.4 Å². The Kier molecular flexibility index (Phi) is 6.22. The number of esters is 1. The topological polar surface area (TPSA) is 43.4 Å². The standard InChI is InChI=1S/C17H30O3/c1-5-20-15(19)9-7-6-8-14-10-11-17(4,12-13-18)16(14,2)3/h13-14H,5-12H2,1-4H3/t14-,17?/m0/s1. The van der Waals surface area contributed by atoms with Crippen molar-refractivity contribution in [2.24, 2.45) is 16.7 Å². The first kappa shape index (κ1) is 17.2. The Morgan fingerprint density at radius 2 is 2.00 bits per heavy atom. The number of carbonyl (C=O) groups excluding carboxylic acids is 2. The van der Waals surface area contributed by atoms with Crippen LogP contribution in [0.4, 0.5) is 0 Å². The van der Waals surface area contributed by atoms with Crippen LogP contribution in [-0.4, -0.2) is 18.9 Å². The minimum absolute atomic E-state index is 0.0797. The van der Waals surface area contributed by atoms with Crippen molar-refractivity contribution in [3.8, 4) is 0 Å². The number of unbranched alkanes of at least 4 members (excludes halogenated alkanes) is 1. The molecular weight excluding hydrogens is 252 g/mol. The summed E-state index contributed by atoms with van der Waals surface area (Å²) in [6.07, 6.45) is 7.76. The SMILES string of the molecule is CCOC(=O)CCCC[C@H]1CCC(C)(CC=O)C1(C)C. The molecule has 1 rings (SSSR count). The summed E-state index contributed by atoms with van der Waals surface area (Å²) in [5.74, 6) is 0.582. The molecule has 0 aliphatic heterocycles. The van der Waals surface area contributed by atoms with Gasteiger partial charge in [-0.2, -0.15) is 0 Å². The Hall–Kier alpha value is -0.860. The van der Waals surface area contributed by atoms with Gasteiger partial charge in [-0.05, 0) is 49.4 Å². The van der Waals surface area contributed by atoms with Crippen molar-refractivity contribution in [1.29, 1.82) is 0 Å². The van der Waals surface area contributed by atoms with E-state index in [9.17, 15) is 9.59 Å². The van der Waals surface area contributed by atoms with Gasteiger partial charge in [-0.25, -0.2) is 0 Å². The van der Waals surface area contributed by atoms with Crippen molar-refractivity contribution in [1.82, 2.24) is 0 Å². The van der Waals surface area contributed by atoms with Gasteiger partial charge in [0, 0.05) is 12.8 Å². The monoisotopic (exact) mass is 282 g/mol. The predicted octanol–water partition coefficient (Wildman–Crippen LogP) is 4.14. The molecule has 20 heavy (non-hydrogen) atoms. The van der Waals surface area contributed by atoms with Crippen LogP contribution in [0.1, 0.15) is 72.6 Å². The summed E-state index contributed by atoms with van der Waals surface area (Å²) in [5.41, 5.74) is 0.346. The molecule has 3 nitrogen and oxygen atoms in total. The van der Waals surface area contributed by atoms with E-state index in [1.165, 1.54) is 6.42 Å². The van der Waals surface area contributed by atoms with Crippen molar-refractivity contribution in [2.45, 2.75) is 72.6 Å². The smallest absolute Gasteiger partial charge is 0.305 e. The zero-order chi connectivity index (χ0) is 15.2. The Morgan fingerprint density at radius 3 is 2.60 bits per heavy atom. The summed E-state index contributed by atoms with van der Waals surface area (Å²) in [7, 11) is 0. The lowest BCUT2D eigenvalue weighted by atomic mass is 9.63. The number of carbonyl (C=O) groups is 2. The Balaban J connectivity index is 2.38. The summed E-state index contributed by atoms with van der Waals surface area (Å²) in [4.78, 5) is 22.2. The lowest BCUT2D eigenvalue weighted by molar-refractivity contribution is -0.143. The van der Waals surface area contributed by atoms with Crippen molar-refractivity contribution < 1.29 is 14.3 Å². The van der Waals surface area contributed by atoms with Crippen LogP contribution in [0.25, 0.3) is 0 Å². The Labute approximate surface area is 123 Å². The molecule has 0 aromatic heterocycles. The minimum Gasteiger partial charge on any atom is -0.466 e.